The van der Waals surface area contributed by atoms with Crippen LogP contribution < -0.4 is 10.0 Å². The van der Waals surface area contributed by atoms with Crippen LogP contribution in [0.2, 0.25) is 0 Å². The first kappa shape index (κ1) is 15.5. The molecule has 2 rings (SSSR count). The summed E-state index contributed by atoms with van der Waals surface area (Å²) in [5.74, 6) is 0.0509. The number of aryl methyl sites for hydroxylation is 1. The number of anilines is 1. The summed E-state index contributed by atoms with van der Waals surface area (Å²) in [6.45, 7) is 0.759. The van der Waals surface area contributed by atoms with E-state index in [0.717, 1.165) is 17.7 Å². The minimum atomic E-state index is -3.34. The van der Waals surface area contributed by atoms with Crippen LogP contribution in [0.5, 0.6) is 0 Å². The van der Waals surface area contributed by atoms with Gasteiger partial charge in [0.25, 0.3) is 0 Å². The summed E-state index contributed by atoms with van der Waals surface area (Å²) in [5, 5.41) is 3.05. The third-order valence-corrected chi connectivity index (χ3v) is 4.31. The highest BCUT2D eigenvalue weighted by atomic mass is 32.2. The molecule has 0 saturated carbocycles. The van der Waals surface area contributed by atoms with E-state index in [1.165, 1.54) is 0 Å². The van der Waals surface area contributed by atoms with E-state index in [2.05, 4.69) is 15.0 Å². The molecule has 21 heavy (non-hydrogen) atoms. The lowest BCUT2D eigenvalue weighted by molar-refractivity contribution is 0.600. The molecule has 0 unspecified atom stereocenters. The number of hydrogen-bond donors (Lipinski definition) is 2. The molecule has 0 bridgehead atoms. The molecule has 6 heteroatoms. The van der Waals surface area contributed by atoms with Gasteiger partial charge in [0.15, 0.2) is 0 Å². The van der Waals surface area contributed by atoms with Gasteiger partial charge in [0.05, 0.1) is 5.75 Å². The maximum Gasteiger partial charge on any atom is 0.233 e. The summed E-state index contributed by atoms with van der Waals surface area (Å²) in [6, 6.07) is 11.0. The molecule has 1 heterocycles. The second-order valence-corrected chi connectivity index (χ2v) is 6.60. The minimum Gasteiger partial charge on any atom is -0.316 e. The number of benzene rings is 1. The van der Waals surface area contributed by atoms with E-state index in [1.54, 1.807) is 24.5 Å². The van der Waals surface area contributed by atoms with Gasteiger partial charge in [-0.3, -0.25) is 9.71 Å². The Morgan fingerprint density at radius 3 is 2.29 bits per heavy atom. The van der Waals surface area contributed by atoms with Gasteiger partial charge in [0.1, 0.15) is 0 Å². The molecular formula is C15H19N3O2S. The third-order valence-electron chi connectivity index (χ3n) is 3.02. The first-order chi connectivity index (χ1) is 10.1. The molecule has 2 N–H and O–H groups in total. The van der Waals surface area contributed by atoms with E-state index in [0.29, 0.717) is 12.1 Å². The Bertz CT molecular complexity index is 655. The van der Waals surface area contributed by atoms with Gasteiger partial charge in [-0.1, -0.05) is 12.1 Å². The molecule has 0 spiro atoms. The van der Waals surface area contributed by atoms with Crippen molar-refractivity contribution in [2.45, 2.75) is 13.0 Å². The molecule has 0 amide bonds. The number of hydrogen-bond acceptors (Lipinski definition) is 4. The van der Waals surface area contributed by atoms with Crippen LogP contribution in [-0.2, 0) is 23.0 Å². The van der Waals surface area contributed by atoms with Crippen molar-refractivity contribution in [1.29, 1.82) is 0 Å². The number of aromatic nitrogens is 1. The lowest BCUT2D eigenvalue weighted by atomic mass is 10.2. The molecule has 112 valence electrons. The van der Waals surface area contributed by atoms with E-state index in [1.807, 2.05) is 31.3 Å². The molecule has 0 atom stereocenters. The van der Waals surface area contributed by atoms with Gasteiger partial charge in [0, 0.05) is 24.6 Å². The predicted molar refractivity (Wildman–Crippen MR) is 84.6 cm³/mol. The molecule has 1 aromatic carbocycles. The fourth-order valence-corrected chi connectivity index (χ4v) is 3.03. The molecule has 0 saturated heterocycles. The maximum atomic E-state index is 12.0. The highest BCUT2D eigenvalue weighted by Crippen LogP contribution is 2.12. The van der Waals surface area contributed by atoms with Crippen LogP contribution in [0.4, 0.5) is 5.69 Å². The number of nitrogens with zero attached hydrogens (tertiary/aromatic N) is 1. The Balaban J connectivity index is 1.94. The summed E-state index contributed by atoms with van der Waals surface area (Å²) in [7, 11) is -1.47. The van der Waals surface area contributed by atoms with Crippen LogP contribution in [0.1, 0.15) is 11.1 Å². The SMILES string of the molecule is CNCc1ccc(NS(=O)(=O)CCc2ccncc2)cc1. The highest BCUT2D eigenvalue weighted by Gasteiger charge is 2.10. The summed E-state index contributed by atoms with van der Waals surface area (Å²) >= 11 is 0. The van der Waals surface area contributed by atoms with E-state index in [9.17, 15) is 8.42 Å². The van der Waals surface area contributed by atoms with E-state index < -0.39 is 10.0 Å². The zero-order chi connectivity index (χ0) is 15.1. The van der Waals surface area contributed by atoms with Crippen molar-refractivity contribution in [2.24, 2.45) is 0 Å². The van der Waals surface area contributed by atoms with Crippen molar-refractivity contribution in [3.05, 3.63) is 59.9 Å². The van der Waals surface area contributed by atoms with Gasteiger partial charge >= 0.3 is 0 Å². The van der Waals surface area contributed by atoms with Gasteiger partial charge in [-0.05, 0) is 48.9 Å². The van der Waals surface area contributed by atoms with Gasteiger partial charge in [0.2, 0.25) is 10.0 Å². The Labute approximate surface area is 125 Å². The predicted octanol–water partition coefficient (Wildman–Crippen LogP) is 1.79. The van der Waals surface area contributed by atoms with Gasteiger partial charge in [-0.2, -0.15) is 0 Å². The van der Waals surface area contributed by atoms with Crippen molar-refractivity contribution in [1.82, 2.24) is 10.3 Å². The quantitative estimate of drug-likeness (QED) is 0.818. The molecule has 0 fully saturated rings. The van der Waals surface area contributed by atoms with Gasteiger partial charge in [-0.15, -0.1) is 0 Å². The number of pyridine rings is 1. The first-order valence-electron chi connectivity index (χ1n) is 6.72. The monoisotopic (exact) mass is 305 g/mol. The average Bonchev–Trinajstić information content (AvgIpc) is 2.48. The number of rotatable bonds is 7. The van der Waals surface area contributed by atoms with Crippen molar-refractivity contribution in [3.63, 3.8) is 0 Å². The Kier molecular flexibility index (Phi) is 5.30. The standard InChI is InChI=1S/C15H19N3O2S/c1-16-12-14-2-4-15(5-3-14)18-21(19,20)11-8-13-6-9-17-10-7-13/h2-7,9-10,16,18H,8,11-12H2,1H3. The molecule has 0 aliphatic rings. The van der Waals surface area contributed by atoms with Gasteiger partial charge in [-0.25, -0.2) is 8.42 Å². The van der Waals surface area contributed by atoms with E-state index in [-0.39, 0.29) is 5.75 Å². The van der Waals surface area contributed by atoms with E-state index in [4.69, 9.17) is 0 Å². The van der Waals surface area contributed by atoms with Crippen molar-refractivity contribution in [2.75, 3.05) is 17.5 Å². The summed E-state index contributed by atoms with van der Waals surface area (Å²) in [4.78, 5) is 3.91. The number of sulfonamides is 1. The molecule has 5 nitrogen and oxygen atoms in total. The van der Waals surface area contributed by atoms with Crippen molar-refractivity contribution < 1.29 is 8.42 Å². The lowest BCUT2D eigenvalue weighted by Crippen LogP contribution is -2.18. The lowest BCUT2D eigenvalue weighted by Gasteiger charge is -2.09. The minimum absolute atomic E-state index is 0.0509. The molecule has 0 aliphatic carbocycles. The topological polar surface area (TPSA) is 71.1 Å². The first-order valence-corrected chi connectivity index (χ1v) is 8.37. The Hall–Kier alpha value is -1.92. The average molecular weight is 305 g/mol. The molecule has 1 aromatic heterocycles. The van der Waals surface area contributed by atoms with Crippen LogP contribution in [0, 0.1) is 0 Å². The van der Waals surface area contributed by atoms with Crippen molar-refractivity contribution in [3.8, 4) is 0 Å². The molecule has 0 radical (unpaired) electrons. The maximum absolute atomic E-state index is 12.0. The fourth-order valence-electron chi connectivity index (χ4n) is 1.93. The highest BCUT2D eigenvalue weighted by molar-refractivity contribution is 7.92. The summed E-state index contributed by atoms with van der Waals surface area (Å²) in [6.07, 6.45) is 3.79. The second-order valence-electron chi connectivity index (χ2n) is 4.75. The zero-order valence-electron chi connectivity index (χ0n) is 11.9. The van der Waals surface area contributed by atoms with Crippen LogP contribution >= 0.6 is 0 Å². The second kappa shape index (κ2) is 7.19. The van der Waals surface area contributed by atoms with E-state index >= 15 is 0 Å². The fraction of sp³-hybridized carbons (Fsp3) is 0.267. The largest absolute Gasteiger partial charge is 0.316 e. The smallest absolute Gasteiger partial charge is 0.233 e. The Morgan fingerprint density at radius 2 is 1.67 bits per heavy atom. The van der Waals surface area contributed by atoms with Crippen LogP contribution in [0.3, 0.4) is 0 Å². The third kappa shape index (κ3) is 5.17. The number of nitrogens with one attached hydrogen (secondary N) is 2. The molecule has 0 aliphatic heterocycles. The Morgan fingerprint density at radius 1 is 1.00 bits per heavy atom. The van der Waals surface area contributed by atoms with Crippen LogP contribution in [0.15, 0.2) is 48.8 Å². The summed E-state index contributed by atoms with van der Waals surface area (Å²) < 4.78 is 26.7. The van der Waals surface area contributed by atoms with Crippen LogP contribution in [-0.4, -0.2) is 26.2 Å². The van der Waals surface area contributed by atoms with Crippen molar-refractivity contribution >= 4 is 15.7 Å². The molecule has 2 aromatic rings. The normalized spacial score (nSPS) is 11.3. The van der Waals surface area contributed by atoms with Crippen LogP contribution in [0.25, 0.3) is 0 Å². The van der Waals surface area contributed by atoms with Gasteiger partial charge < -0.3 is 5.32 Å². The zero-order valence-corrected chi connectivity index (χ0v) is 12.7. The summed E-state index contributed by atoms with van der Waals surface area (Å²) in [5.41, 5.74) is 2.65. The molecular weight excluding hydrogens is 286 g/mol.